The van der Waals surface area contributed by atoms with Gasteiger partial charge in [0, 0.05) is 35.3 Å². The summed E-state index contributed by atoms with van der Waals surface area (Å²) in [7, 11) is 2.06. The zero-order valence-electron chi connectivity index (χ0n) is 18.1. The van der Waals surface area contributed by atoms with Gasteiger partial charge in [-0.25, -0.2) is 4.98 Å². The molecule has 9 heteroatoms. The number of hydrogen-bond donors (Lipinski definition) is 4. The Hall–Kier alpha value is -2.75. The van der Waals surface area contributed by atoms with Crippen LogP contribution < -0.4 is 10.6 Å². The fraction of sp³-hybridized carbons (Fsp3) is 0.435. The normalized spacial score (nSPS) is 23.3. The lowest BCUT2D eigenvalue weighted by atomic mass is 10.1. The van der Waals surface area contributed by atoms with Gasteiger partial charge in [-0.15, -0.1) is 11.3 Å². The van der Waals surface area contributed by atoms with Gasteiger partial charge in [-0.1, -0.05) is 11.6 Å². The van der Waals surface area contributed by atoms with Gasteiger partial charge in [0.25, 0.3) is 11.8 Å². The largest absolute Gasteiger partial charge is 0.393 e. The Morgan fingerprint density at radius 2 is 1.94 bits per heavy atom. The third kappa shape index (κ3) is 4.15. The molecule has 2 amide bonds. The summed E-state index contributed by atoms with van der Waals surface area (Å²) in [6, 6.07) is 7.10. The number of carbonyl (C=O) groups excluding carboxylic acids is 2. The molecule has 1 aliphatic carbocycles. The molecule has 32 heavy (non-hydrogen) atoms. The first-order valence-electron chi connectivity index (χ1n) is 10.9. The van der Waals surface area contributed by atoms with E-state index in [9.17, 15) is 14.7 Å². The van der Waals surface area contributed by atoms with E-state index in [1.807, 2.05) is 31.2 Å². The number of aromatic nitrogens is 2. The van der Waals surface area contributed by atoms with E-state index in [1.54, 1.807) is 0 Å². The summed E-state index contributed by atoms with van der Waals surface area (Å²) in [4.78, 5) is 36.8. The van der Waals surface area contributed by atoms with Gasteiger partial charge in [-0.3, -0.25) is 9.59 Å². The summed E-state index contributed by atoms with van der Waals surface area (Å²) < 4.78 is 0. The van der Waals surface area contributed by atoms with E-state index in [0.717, 1.165) is 46.5 Å². The molecule has 3 heterocycles. The van der Waals surface area contributed by atoms with E-state index in [-0.39, 0.29) is 23.9 Å². The first-order valence-corrected chi connectivity index (χ1v) is 11.7. The van der Waals surface area contributed by atoms with Crippen molar-refractivity contribution in [3.05, 3.63) is 51.1 Å². The average Bonchev–Trinajstić information content (AvgIpc) is 3.44. The van der Waals surface area contributed by atoms with Crippen LogP contribution in [-0.2, 0) is 13.0 Å². The number of nitrogens with one attached hydrogen (secondary N) is 3. The van der Waals surface area contributed by atoms with Gasteiger partial charge in [-0.05, 0) is 45.0 Å². The van der Waals surface area contributed by atoms with Crippen LogP contribution in [0.15, 0.2) is 24.3 Å². The number of aryl methyl sites for hydroxylation is 1. The first-order chi connectivity index (χ1) is 15.4. The number of amides is 2. The van der Waals surface area contributed by atoms with Crippen molar-refractivity contribution in [2.45, 2.75) is 50.9 Å². The Balaban J connectivity index is 1.27. The molecular weight excluding hydrogens is 426 g/mol. The standard InChI is InChI=1S/C23H27N5O3S/c1-12-3-4-15-13(7-12)8-19(24-15)21(30)25-17-9-14(29)10-18(17)26-22(31)23-27-16-5-6-28(2)11-20(16)32-23/h3-4,7-8,14,17-18,24,29H,5-6,9-11H2,1-2H3,(H,25,30)(H,26,31)/t14?,17-,18-/m1/s1. The summed E-state index contributed by atoms with van der Waals surface area (Å²) in [5, 5.41) is 17.6. The third-order valence-electron chi connectivity index (χ3n) is 6.31. The lowest BCUT2D eigenvalue weighted by Crippen LogP contribution is -2.48. The molecule has 1 saturated carbocycles. The molecule has 1 fully saturated rings. The maximum atomic E-state index is 12.9. The van der Waals surface area contributed by atoms with Crippen molar-refractivity contribution in [1.29, 1.82) is 0 Å². The maximum absolute atomic E-state index is 12.9. The molecule has 5 rings (SSSR count). The van der Waals surface area contributed by atoms with Crippen molar-refractivity contribution >= 4 is 34.1 Å². The van der Waals surface area contributed by atoms with Crippen LogP contribution in [-0.4, -0.2) is 63.6 Å². The zero-order valence-corrected chi connectivity index (χ0v) is 19.0. The molecule has 168 valence electrons. The SMILES string of the molecule is Cc1ccc2[nH]c(C(=O)N[C@@H]3CC(O)C[C@H]3NC(=O)c3nc4c(s3)CN(C)CC4)cc2c1. The van der Waals surface area contributed by atoms with Gasteiger partial charge in [-0.2, -0.15) is 0 Å². The Morgan fingerprint density at radius 3 is 2.72 bits per heavy atom. The van der Waals surface area contributed by atoms with Crippen molar-refractivity contribution in [3.63, 3.8) is 0 Å². The lowest BCUT2D eigenvalue weighted by molar-refractivity contribution is 0.0889. The second-order valence-electron chi connectivity index (χ2n) is 8.94. The van der Waals surface area contributed by atoms with Gasteiger partial charge in [0.1, 0.15) is 5.69 Å². The molecule has 3 atom stereocenters. The van der Waals surface area contributed by atoms with Gasteiger partial charge >= 0.3 is 0 Å². The van der Waals surface area contributed by atoms with Crippen LogP contribution in [0.1, 0.15) is 49.3 Å². The van der Waals surface area contributed by atoms with Gasteiger partial charge in [0.05, 0.1) is 23.9 Å². The summed E-state index contributed by atoms with van der Waals surface area (Å²) in [6.45, 7) is 3.76. The highest BCUT2D eigenvalue weighted by Crippen LogP contribution is 2.26. The second kappa shape index (κ2) is 8.31. The van der Waals surface area contributed by atoms with Crippen LogP contribution in [0.4, 0.5) is 0 Å². The molecule has 1 aromatic carbocycles. The number of carbonyl (C=O) groups is 2. The number of likely N-dealkylation sites (N-methyl/N-ethyl adjacent to an activating group) is 1. The number of nitrogens with zero attached hydrogens (tertiary/aromatic N) is 2. The molecule has 2 aliphatic rings. The van der Waals surface area contributed by atoms with Crippen LogP contribution in [0.25, 0.3) is 10.9 Å². The summed E-state index contributed by atoms with van der Waals surface area (Å²) in [6.07, 6.45) is 1.07. The highest BCUT2D eigenvalue weighted by molar-refractivity contribution is 7.13. The van der Waals surface area contributed by atoms with Crippen LogP contribution in [0.2, 0.25) is 0 Å². The van der Waals surface area contributed by atoms with Gasteiger partial charge in [0.15, 0.2) is 5.01 Å². The number of H-pyrrole nitrogens is 1. The van der Waals surface area contributed by atoms with Crippen LogP contribution in [0.3, 0.4) is 0 Å². The topological polar surface area (TPSA) is 110 Å². The van der Waals surface area contributed by atoms with E-state index in [0.29, 0.717) is 23.5 Å². The highest BCUT2D eigenvalue weighted by atomic mass is 32.1. The maximum Gasteiger partial charge on any atom is 0.280 e. The number of aliphatic hydroxyl groups is 1. The Labute approximate surface area is 190 Å². The number of rotatable bonds is 4. The first kappa shape index (κ1) is 21.1. The minimum Gasteiger partial charge on any atom is -0.393 e. The Morgan fingerprint density at radius 1 is 1.19 bits per heavy atom. The molecule has 8 nitrogen and oxygen atoms in total. The smallest absolute Gasteiger partial charge is 0.280 e. The fourth-order valence-corrected chi connectivity index (χ4v) is 5.69. The summed E-state index contributed by atoms with van der Waals surface area (Å²) in [5.41, 5.74) is 3.49. The predicted molar refractivity (Wildman–Crippen MR) is 123 cm³/mol. The molecule has 0 spiro atoms. The molecular formula is C23H27N5O3S. The molecule has 4 N–H and O–H groups in total. The number of benzene rings is 1. The monoisotopic (exact) mass is 453 g/mol. The number of aliphatic hydroxyl groups excluding tert-OH is 1. The van der Waals surface area contributed by atoms with E-state index in [4.69, 9.17) is 0 Å². The minimum absolute atomic E-state index is 0.244. The number of aromatic amines is 1. The molecule has 3 aromatic rings. The van der Waals surface area contributed by atoms with E-state index in [2.05, 4.69) is 32.5 Å². The highest BCUT2D eigenvalue weighted by Gasteiger charge is 2.36. The molecule has 0 bridgehead atoms. The predicted octanol–water partition coefficient (Wildman–Crippen LogP) is 1.97. The summed E-state index contributed by atoms with van der Waals surface area (Å²) in [5.74, 6) is -0.489. The molecule has 1 aliphatic heterocycles. The van der Waals surface area contributed by atoms with Crippen molar-refractivity contribution in [2.75, 3.05) is 13.6 Å². The second-order valence-corrected chi connectivity index (χ2v) is 10.0. The number of thiazole rings is 1. The van der Waals surface area contributed by atoms with Crippen LogP contribution in [0.5, 0.6) is 0 Å². The number of fused-ring (bicyclic) bond motifs is 2. The van der Waals surface area contributed by atoms with Crippen molar-refractivity contribution in [2.24, 2.45) is 0 Å². The van der Waals surface area contributed by atoms with Crippen molar-refractivity contribution in [3.8, 4) is 0 Å². The zero-order chi connectivity index (χ0) is 22.4. The Bertz CT molecular complexity index is 1190. The molecule has 0 saturated heterocycles. The molecule has 2 aromatic heterocycles. The van der Waals surface area contributed by atoms with Crippen molar-refractivity contribution < 1.29 is 14.7 Å². The quantitative estimate of drug-likeness (QED) is 0.483. The van der Waals surface area contributed by atoms with Gasteiger partial charge in [0.2, 0.25) is 0 Å². The third-order valence-corrected chi connectivity index (χ3v) is 7.39. The number of hydrogen-bond acceptors (Lipinski definition) is 6. The summed E-state index contributed by atoms with van der Waals surface area (Å²) >= 11 is 1.43. The lowest BCUT2D eigenvalue weighted by Gasteiger charge is -2.21. The molecule has 0 radical (unpaired) electrons. The van der Waals surface area contributed by atoms with E-state index >= 15 is 0 Å². The molecule has 1 unspecified atom stereocenters. The van der Waals surface area contributed by atoms with E-state index < -0.39 is 6.10 Å². The van der Waals surface area contributed by atoms with E-state index in [1.165, 1.54) is 11.3 Å². The Kier molecular flexibility index (Phi) is 5.48. The van der Waals surface area contributed by atoms with Crippen molar-refractivity contribution in [1.82, 2.24) is 25.5 Å². The minimum atomic E-state index is -0.575. The van der Waals surface area contributed by atoms with Crippen LogP contribution in [0, 0.1) is 6.92 Å². The van der Waals surface area contributed by atoms with Crippen LogP contribution >= 0.6 is 11.3 Å². The average molecular weight is 454 g/mol. The fourth-order valence-electron chi connectivity index (χ4n) is 4.60. The van der Waals surface area contributed by atoms with Gasteiger partial charge < -0.3 is 25.6 Å².